The van der Waals surface area contributed by atoms with Gasteiger partial charge in [0.25, 0.3) is 0 Å². The summed E-state index contributed by atoms with van der Waals surface area (Å²) in [5.41, 5.74) is 4.57. The fraction of sp³-hybridized carbons (Fsp3) is 0.458. The van der Waals surface area contributed by atoms with Gasteiger partial charge in [0.15, 0.2) is 0 Å². The van der Waals surface area contributed by atoms with E-state index in [0.717, 1.165) is 51.4 Å². The van der Waals surface area contributed by atoms with Gasteiger partial charge in [-0.15, -0.1) is 0 Å². The topological polar surface area (TPSA) is 84.3 Å². The van der Waals surface area contributed by atoms with E-state index in [0.29, 0.717) is 12.0 Å². The molecule has 0 bridgehead atoms. The number of carbonyl (C=O) groups excluding carboxylic acids is 1. The summed E-state index contributed by atoms with van der Waals surface area (Å²) < 4.78 is 0. The van der Waals surface area contributed by atoms with Crippen LogP contribution in [0.2, 0.25) is 0 Å². The number of carbonyl (C=O) groups is 1. The Kier molecular flexibility index (Phi) is 8.11. The van der Waals surface area contributed by atoms with Crippen LogP contribution in [0.3, 0.4) is 0 Å². The van der Waals surface area contributed by atoms with E-state index in [1.165, 1.54) is 23.4 Å². The molecule has 2 aliphatic heterocycles. The monoisotopic (exact) mass is 420 g/mol. The Morgan fingerprint density at radius 3 is 2.74 bits per heavy atom. The van der Waals surface area contributed by atoms with E-state index in [2.05, 4.69) is 40.7 Å². The number of aromatic nitrogens is 1. The molecule has 7 nitrogen and oxygen atoms in total. The average Bonchev–Trinajstić information content (AvgIpc) is 3.23. The highest BCUT2D eigenvalue weighted by molar-refractivity contribution is 5.78. The third kappa shape index (κ3) is 6.11. The van der Waals surface area contributed by atoms with Crippen LogP contribution in [0.4, 0.5) is 17.2 Å². The van der Waals surface area contributed by atoms with Gasteiger partial charge in [-0.2, -0.15) is 5.26 Å². The lowest BCUT2D eigenvalue weighted by molar-refractivity contribution is -0.127. The Hall–Kier alpha value is -3.27. The van der Waals surface area contributed by atoms with E-state index in [-0.39, 0.29) is 5.91 Å². The van der Waals surface area contributed by atoms with Crippen molar-refractivity contribution in [2.75, 3.05) is 55.3 Å². The van der Waals surface area contributed by atoms with E-state index in [9.17, 15) is 4.79 Å². The molecule has 1 aromatic carbocycles. The van der Waals surface area contributed by atoms with Crippen LogP contribution in [0.15, 0.2) is 36.5 Å². The quantitative estimate of drug-likeness (QED) is 0.744. The largest absolute Gasteiger partial charge is 0.382 e. The number of aryl methyl sites for hydroxylation is 1. The van der Waals surface area contributed by atoms with Gasteiger partial charge < -0.3 is 20.4 Å². The van der Waals surface area contributed by atoms with Gasteiger partial charge in [0.2, 0.25) is 5.91 Å². The molecule has 2 aliphatic rings. The Morgan fingerprint density at radius 2 is 2.06 bits per heavy atom. The molecule has 0 radical (unpaired) electrons. The molecule has 1 fully saturated rings. The number of anilines is 3. The zero-order valence-electron chi connectivity index (χ0n) is 18.5. The number of hydrogen-bond donors (Lipinski definition) is 2. The van der Waals surface area contributed by atoms with Crippen molar-refractivity contribution in [1.82, 2.24) is 9.88 Å². The lowest BCUT2D eigenvalue weighted by Gasteiger charge is -2.22. The Morgan fingerprint density at radius 1 is 1.23 bits per heavy atom. The number of para-hydroxylation sites is 1. The highest BCUT2D eigenvalue weighted by atomic mass is 16.2. The SMILES string of the molecule is CCCc1cccc2c1NCCN2.CN(CCN1CCCC1=O)c1ccc(C#N)cn1. The van der Waals surface area contributed by atoms with Crippen molar-refractivity contribution in [2.24, 2.45) is 0 Å². The predicted molar refractivity (Wildman–Crippen MR) is 125 cm³/mol. The molecule has 7 heteroatoms. The van der Waals surface area contributed by atoms with Gasteiger partial charge in [0.1, 0.15) is 11.9 Å². The normalized spacial score (nSPS) is 14.5. The summed E-state index contributed by atoms with van der Waals surface area (Å²) in [4.78, 5) is 19.6. The Balaban J connectivity index is 0.000000185. The van der Waals surface area contributed by atoms with Crippen LogP contribution in [0, 0.1) is 11.3 Å². The Labute approximate surface area is 185 Å². The molecule has 0 atom stereocenters. The second-order valence-corrected chi connectivity index (χ2v) is 7.87. The molecular weight excluding hydrogens is 388 g/mol. The lowest BCUT2D eigenvalue weighted by atomic mass is 10.1. The summed E-state index contributed by atoms with van der Waals surface area (Å²) >= 11 is 0. The number of hydrogen-bond acceptors (Lipinski definition) is 6. The first-order valence-corrected chi connectivity index (χ1v) is 11.1. The molecule has 2 aromatic rings. The summed E-state index contributed by atoms with van der Waals surface area (Å²) in [5.74, 6) is 1.07. The summed E-state index contributed by atoms with van der Waals surface area (Å²) in [5, 5.41) is 15.5. The number of likely N-dealkylation sites (N-methyl/N-ethyl adjacent to an activating group) is 1. The zero-order chi connectivity index (χ0) is 22.1. The minimum atomic E-state index is 0.246. The minimum Gasteiger partial charge on any atom is -0.382 e. The molecule has 1 saturated heterocycles. The Bertz CT molecular complexity index is 905. The van der Waals surface area contributed by atoms with Crippen molar-refractivity contribution in [3.63, 3.8) is 0 Å². The summed E-state index contributed by atoms with van der Waals surface area (Å²) in [6.07, 6.45) is 5.58. The molecule has 3 heterocycles. The molecule has 0 unspecified atom stereocenters. The van der Waals surface area contributed by atoms with Gasteiger partial charge in [-0.05, 0) is 36.6 Å². The van der Waals surface area contributed by atoms with Crippen LogP contribution in [-0.2, 0) is 11.2 Å². The number of benzene rings is 1. The number of likely N-dealkylation sites (tertiary alicyclic amines) is 1. The maximum absolute atomic E-state index is 11.5. The summed E-state index contributed by atoms with van der Waals surface area (Å²) in [7, 11) is 1.94. The van der Waals surface area contributed by atoms with Crippen molar-refractivity contribution >= 4 is 23.1 Å². The van der Waals surface area contributed by atoms with Gasteiger partial charge >= 0.3 is 0 Å². The molecule has 2 N–H and O–H groups in total. The number of nitrogens with zero attached hydrogens (tertiary/aromatic N) is 4. The van der Waals surface area contributed by atoms with Crippen molar-refractivity contribution in [3.05, 3.63) is 47.7 Å². The third-order valence-corrected chi connectivity index (χ3v) is 5.56. The minimum absolute atomic E-state index is 0.246. The highest BCUT2D eigenvalue weighted by Crippen LogP contribution is 2.28. The van der Waals surface area contributed by atoms with Gasteiger partial charge in [-0.1, -0.05) is 25.5 Å². The number of fused-ring (bicyclic) bond motifs is 1. The average molecular weight is 421 g/mol. The van der Waals surface area contributed by atoms with Crippen molar-refractivity contribution in [3.8, 4) is 6.07 Å². The van der Waals surface area contributed by atoms with Crippen molar-refractivity contribution in [2.45, 2.75) is 32.6 Å². The second-order valence-electron chi connectivity index (χ2n) is 7.87. The molecule has 1 aromatic heterocycles. The third-order valence-electron chi connectivity index (χ3n) is 5.56. The molecule has 164 valence electrons. The van der Waals surface area contributed by atoms with Crippen molar-refractivity contribution in [1.29, 1.82) is 5.26 Å². The lowest BCUT2D eigenvalue weighted by Crippen LogP contribution is -2.34. The van der Waals surface area contributed by atoms with E-state index < -0.39 is 0 Å². The number of nitrogens with one attached hydrogen (secondary N) is 2. The van der Waals surface area contributed by atoms with Crippen LogP contribution >= 0.6 is 0 Å². The molecule has 4 rings (SSSR count). The standard InChI is InChI=1S/C13H16N4O.C11H16N2/c1-16(7-8-17-6-2-3-13(17)18)12-5-4-11(9-14)10-15-12;1-2-4-9-5-3-6-10-11(9)13-8-7-12-10/h4-5,10H,2-3,6-8H2,1H3;3,5-6,12-13H,2,4,7-8H2,1H3. The van der Waals surface area contributed by atoms with E-state index in [1.54, 1.807) is 12.3 Å². The van der Waals surface area contributed by atoms with Crippen LogP contribution < -0.4 is 15.5 Å². The summed E-state index contributed by atoms with van der Waals surface area (Å²) in [6, 6.07) is 12.1. The number of pyridine rings is 1. The highest BCUT2D eigenvalue weighted by Gasteiger charge is 2.20. The molecule has 31 heavy (non-hydrogen) atoms. The van der Waals surface area contributed by atoms with Crippen LogP contribution in [0.1, 0.15) is 37.3 Å². The fourth-order valence-corrected chi connectivity index (χ4v) is 3.82. The first-order valence-electron chi connectivity index (χ1n) is 11.1. The fourth-order valence-electron chi connectivity index (χ4n) is 3.82. The van der Waals surface area contributed by atoms with Gasteiger partial charge in [0, 0.05) is 52.4 Å². The number of amides is 1. The first kappa shape index (κ1) is 22.4. The predicted octanol–water partition coefficient (Wildman–Crippen LogP) is 3.49. The van der Waals surface area contributed by atoms with Crippen LogP contribution in [0.25, 0.3) is 0 Å². The molecule has 1 amide bonds. The molecule has 0 aliphatic carbocycles. The number of rotatable bonds is 6. The number of nitriles is 1. The smallest absolute Gasteiger partial charge is 0.222 e. The van der Waals surface area contributed by atoms with E-state index in [4.69, 9.17) is 5.26 Å². The summed E-state index contributed by atoms with van der Waals surface area (Å²) in [6.45, 7) is 6.64. The van der Waals surface area contributed by atoms with Gasteiger partial charge in [0.05, 0.1) is 16.9 Å². The van der Waals surface area contributed by atoms with Crippen LogP contribution in [-0.4, -0.2) is 55.6 Å². The second kappa shape index (κ2) is 11.2. The first-order chi connectivity index (χ1) is 15.1. The maximum atomic E-state index is 11.5. The molecular formula is C24H32N6O. The van der Waals surface area contributed by atoms with Gasteiger partial charge in [-0.3, -0.25) is 4.79 Å². The zero-order valence-corrected chi connectivity index (χ0v) is 18.5. The van der Waals surface area contributed by atoms with Gasteiger partial charge in [-0.25, -0.2) is 4.98 Å². The molecule has 0 saturated carbocycles. The van der Waals surface area contributed by atoms with E-state index >= 15 is 0 Å². The van der Waals surface area contributed by atoms with Crippen molar-refractivity contribution < 1.29 is 4.79 Å². The van der Waals surface area contributed by atoms with E-state index in [1.807, 2.05) is 29.0 Å². The van der Waals surface area contributed by atoms with Crippen LogP contribution in [0.5, 0.6) is 0 Å². The molecule has 0 spiro atoms. The maximum Gasteiger partial charge on any atom is 0.222 e.